The van der Waals surface area contributed by atoms with Crippen molar-refractivity contribution in [3.05, 3.63) is 77.0 Å². The van der Waals surface area contributed by atoms with Crippen molar-refractivity contribution in [1.82, 2.24) is 19.6 Å². The lowest BCUT2D eigenvalue weighted by atomic mass is 9.77. The Hall–Kier alpha value is -4.21. The zero-order valence-corrected chi connectivity index (χ0v) is 21.9. The number of piperidine rings is 1. The van der Waals surface area contributed by atoms with E-state index in [0.717, 1.165) is 38.1 Å². The fourth-order valence-electron chi connectivity index (χ4n) is 5.50. The molecule has 0 aliphatic carbocycles. The monoisotopic (exact) mass is 531 g/mol. The van der Waals surface area contributed by atoms with Crippen molar-refractivity contribution in [3.8, 4) is 17.0 Å². The number of non-ortho nitro benzene ring substituents is 1. The lowest BCUT2D eigenvalue weighted by Crippen LogP contribution is -2.45. The fourth-order valence-corrected chi connectivity index (χ4v) is 5.50. The predicted molar refractivity (Wildman–Crippen MR) is 145 cm³/mol. The van der Waals surface area contributed by atoms with Gasteiger partial charge in [-0.25, -0.2) is 0 Å². The number of carbonyl (C=O) groups excluding carboxylic acids is 2. The molecule has 2 aromatic carbocycles. The van der Waals surface area contributed by atoms with Crippen LogP contribution >= 0.6 is 0 Å². The number of ether oxygens (including phenoxy) is 1. The number of aromatic nitrogens is 2. The van der Waals surface area contributed by atoms with Crippen LogP contribution in [-0.4, -0.2) is 69.1 Å². The molecular formula is C29H33N5O5. The number of rotatable bonds is 9. The maximum Gasteiger partial charge on any atom is 0.270 e. The minimum Gasteiger partial charge on any atom is -0.494 e. The maximum atomic E-state index is 13.1. The van der Waals surface area contributed by atoms with Gasteiger partial charge in [0.2, 0.25) is 11.8 Å². The molecule has 0 unspecified atom stereocenters. The van der Waals surface area contributed by atoms with Crippen LogP contribution in [0.4, 0.5) is 5.69 Å². The van der Waals surface area contributed by atoms with Crippen molar-refractivity contribution in [1.29, 1.82) is 0 Å². The van der Waals surface area contributed by atoms with Gasteiger partial charge in [-0.2, -0.15) is 5.10 Å². The molecule has 2 aliphatic heterocycles. The molecule has 3 heterocycles. The second-order valence-corrected chi connectivity index (χ2v) is 10.4. The standard InChI is InChI=1S/C29H33N5O5/c35-27(10-5-19-39-25-8-2-1-3-9-25)31-16-12-29(13-17-31)14-18-32(22-29)28(36)21-33-15-11-26(30-33)23-6-4-7-24(20-23)34(37)38/h1-4,6-9,11,15,20H,5,10,12-14,16-19,21-22H2. The highest BCUT2D eigenvalue weighted by Crippen LogP contribution is 2.40. The predicted octanol–water partition coefficient (Wildman–Crippen LogP) is 4.16. The fraction of sp³-hybridized carbons (Fsp3) is 0.414. The quantitative estimate of drug-likeness (QED) is 0.233. The highest BCUT2D eigenvalue weighted by molar-refractivity contribution is 5.77. The van der Waals surface area contributed by atoms with Crippen LogP contribution in [0.15, 0.2) is 66.9 Å². The molecule has 2 amide bonds. The Labute approximate surface area is 227 Å². The number of carbonyl (C=O) groups is 2. The van der Waals surface area contributed by atoms with Crippen LogP contribution in [0.1, 0.15) is 32.1 Å². The van der Waals surface area contributed by atoms with Gasteiger partial charge in [-0.1, -0.05) is 30.3 Å². The van der Waals surface area contributed by atoms with Crippen molar-refractivity contribution < 1.29 is 19.2 Å². The van der Waals surface area contributed by atoms with Gasteiger partial charge in [0.05, 0.1) is 17.2 Å². The Morgan fingerprint density at radius 1 is 0.949 bits per heavy atom. The van der Waals surface area contributed by atoms with Crippen LogP contribution in [0, 0.1) is 15.5 Å². The molecule has 5 rings (SSSR count). The summed E-state index contributed by atoms with van der Waals surface area (Å²) in [6, 6.07) is 17.7. The second-order valence-electron chi connectivity index (χ2n) is 10.4. The van der Waals surface area contributed by atoms with Crippen LogP contribution in [0.25, 0.3) is 11.3 Å². The number of hydrogen-bond acceptors (Lipinski definition) is 6. The number of nitrogens with zero attached hydrogens (tertiary/aromatic N) is 5. The van der Waals surface area contributed by atoms with Crippen LogP contribution in [0.5, 0.6) is 5.75 Å². The third-order valence-corrected chi connectivity index (χ3v) is 7.81. The van der Waals surface area contributed by atoms with Crippen LogP contribution in [-0.2, 0) is 16.1 Å². The molecule has 0 saturated carbocycles. The molecule has 1 spiro atoms. The van der Waals surface area contributed by atoms with Crippen molar-refractivity contribution >= 4 is 17.5 Å². The first-order chi connectivity index (χ1) is 18.9. The van der Waals surface area contributed by atoms with Gasteiger partial charge in [-0.15, -0.1) is 0 Å². The summed E-state index contributed by atoms with van der Waals surface area (Å²) in [5.41, 5.74) is 1.31. The Morgan fingerprint density at radius 2 is 1.69 bits per heavy atom. The smallest absolute Gasteiger partial charge is 0.270 e. The lowest BCUT2D eigenvalue weighted by molar-refractivity contribution is -0.384. The zero-order chi connectivity index (χ0) is 27.2. The van der Waals surface area contributed by atoms with E-state index in [1.807, 2.05) is 40.1 Å². The third kappa shape index (κ3) is 6.45. The minimum atomic E-state index is -0.435. The summed E-state index contributed by atoms with van der Waals surface area (Å²) in [6.07, 6.45) is 5.65. The normalized spacial score (nSPS) is 16.4. The summed E-state index contributed by atoms with van der Waals surface area (Å²) in [4.78, 5) is 40.3. The largest absolute Gasteiger partial charge is 0.494 e. The van der Waals surface area contributed by atoms with E-state index in [9.17, 15) is 19.7 Å². The van der Waals surface area contributed by atoms with Gasteiger partial charge >= 0.3 is 0 Å². The van der Waals surface area contributed by atoms with Crippen molar-refractivity contribution in [2.24, 2.45) is 5.41 Å². The summed E-state index contributed by atoms with van der Waals surface area (Å²) >= 11 is 0. The van der Waals surface area contributed by atoms with Gasteiger partial charge in [-0.05, 0) is 49.3 Å². The SMILES string of the molecule is O=C(CCCOc1ccccc1)N1CCC2(CC1)CCN(C(=O)Cn1ccc(-c3cccc([N+](=O)[O-])c3)n1)C2. The molecule has 2 aliphatic rings. The van der Waals surface area contributed by atoms with Crippen molar-refractivity contribution in [2.75, 3.05) is 32.8 Å². The first kappa shape index (κ1) is 26.4. The van der Waals surface area contributed by atoms with Crippen LogP contribution in [0.2, 0.25) is 0 Å². The van der Waals surface area contributed by atoms with E-state index >= 15 is 0 Å². The first-order valence-corrected chi connectivity index (χ1v) is 13.4. The first-order valence-electron chi connectivity index (χ1n) is 13.4. The Kier molecular flexibility index (Phi) is 7.90. The molecule has 39 heavy (non-hydrogen) atoms. The molecule has 3 aromatic rings. The average molecular weight is 532 g/mol. The summed E-state index contributed by atoms with van der Waals surface area (Å²) < 4.78 is 7.28. The molecule has 0 N–H and O–H groups in total. The lowest BCUT2D eigenvalue weighted by Gasteiger charge is -2.39. The number of nitro benzene ring substituents is 1. The van der Waals surface area contributed by atoms with E-state index in [1.165, 1.54) is 12.1 Å². The molecular weight excluding hydrogens is 498 g/mol. The topological polar surface area (TPSA) is 111 Å². The van der Waals surface area contributed by atoms with Gasteiger partial charge in [-0.3, -0.25) is 24.4 Å². The molecule has 0 bridgehead atoms. The molecule has 2 saturated heterocycles. The highest BCUT2D eigenvalue weighted by Gasteiger charge is 2.42. The van der Waals surface area contributed by atoms with Gasteiger partial charge in [0.25, 0.3) is 5.69 Å². The van der Waals surface area contributed by atoms with Gasteiger partial charge in [0.15, 0.2) is 0 Å². The van der Waals surface area contributed by atoms with Crippen molar-refractivity contribution in [2.45, 2.75) is 38.6 Å². The number of hydrogen-bond donors (Lipinski definition) is 0. The van der Waals surface area contributed by atoms with Gasteiger partial charge < -0.3 is 14.5 Å². The minimum absolute atomic E-state index is 0.00492. The Balaban J connectivity index is 1.06. The van der Waals surface area contributed by atoms with Gasteiger partial charge in [0, 0.05) is 56.5 Å². The molecule has 10 nitrogen and oxygen atoms in total. The number of amides is 2. The molecule has 1 aromatic heterocycles. The number of para-hydroxylation sites is 1. The number of benzene rings is 2. The Bertz CT molecular complexity index is 1320. The summed E-state index contributed by atoms with van der Waals surface area (Å²) in [5, 5.41) is 15.5. The van der Waals surface area contributed by atoms with E-state index in [0.29, 0.717) is 43.8 Å². The zero-order valence-electron chi connectivity index (χ0n) is 21.9. The van der Waals surface area contributed by atoms with E-state index in [4.69, 9.17) is 4.74 Å². The molecule has 204 valence electrons. The van der Waals surface area contributed by atoms with Crippen molar-refractivity contribution in [3.63, 3.8) is 0 Å². The second kappa shape index (κ2) is 11.7. The Morgan fingerprint density at radius 3 is 2.44 bits per heavy atom. The summed E-state index contributed by atoms with van der Waals surface area (Å²) in [7, 11) is 0. The molecule has 2 fully saturated rings. The molecule has 0 radical (unpaired) electrons. The number of likely N-dealkylation sites (tertiary alicyclic amines) is 2. The van der Waals surface area contributed by atoms with Crippen LogP contribution in [0.3, 0.4) is 0 Å². The maximum absolute atomic E-state index is 13.1. The van der Waals surface area contributed by atoms with Gasteiger partial charge in [0.1, 0.15) is 12.3 Å². The third-order valence-electron chi connectivity index (χ3n) is 7.81. The molecule has 0 atom stereocenters. The van der Waals surface area contributed by atoms with E-state index in [-0.39, 0.29) is 29.5 Å². The summed E-state index contributed by atoms with van der Waals surface area (Å²) in [5.74, 6) is 1.00. The molecule has 10 heteroatoms. The van der Waals surface area contributed by atoms with E-state index in [2.05, 4.69) is 5.10 Å². The number of nitro groups is 1. The van der Waals surface area contributed by atoms with Crippen LogP contribution < -0.4 is 4.74 Å². The highest BCUT2D eigenvalue weighted by atomic mass is 16.6. The summed E-state index contributed by atoms with van der Waals surface area (Å²) in [6.45, 7) is 3.52. The van der Waals surface area contributed by atoms with E-state index in [1.54, 1.807) is 29.1 Å². The average Bonchev–Trinajstić information content (AvgIpc) is 3.60. The van der Waals surface area contributed by atoms with E-state index < -0.39 is 4.92 Å².